The van der Waals surface area contributed by atoms with E-state index in [9.17, 15) is 0 Å². The van der Waals surface area contributed by atoms with Gasteiger partial charge in [-0.15, -0.1) is 0 Å². The molecule has 0 fully saturated rings. The Balaban J connectivity index is 2.47. The zero-order valence-corrected chi connectivity index (χ0v) is 13.3. The zero-order chi connectivity index (χ0) is 16.1. The monoisotopic (exact) mass is 319 g/mol. The van der Waals surface area contributed by atoms with Crippen molar-refractivity contribution in [1.82, 2.24) is 9.97 Å². The second kappa shape index (κ2) is 6.90. The van der Waals surface area contributed by atoms with Crippen molar-refractivity contribution in [3.8, 4) is 17.2 Å². The number of nitrogens with one attached hydrogen (secondary N) is 1. The highest BCUT2D eigenvalue weighted by Gasteiger charge is 2.19. The van der Waals surface area contributed by atoms with Crippen molar-refractivity contribution in [3.05, 3.63) is 24.5 Å². The van der Waals surface area contributed by atoms with Crippen molar-refractivity contribution in [2.24, 2.45) is 0 Å². The molecule has 0 aliphatic rings. The van der Waals surface area contributed by atoms with E-state index in [4.69, 9.17) is 27.4 Å². The van der Waals surface area contributed by atoms with Gasteiger partial charge in [-0.2, -0.15) is 0 Å². The van der Waals surface area contributed by atoms with Gasteiger partial charge in [0.05, 0.1) is 18.8 Å². The Labute approximate surface area is 134 Å². The van der Waals surface area contributed by atoms with Crippen molar-refractivity contribution in [2.75, 3.05) is 37.2 Å². The van der Waals surface area contributed by atoms with E-state index in [1.165, 1.54) is 5.49 Å². The van der Waals surface area contributed by atoms with E-state index in [0.717, 1.165) is 5.69 Å². The highest BCUT2D eigenvalue weighted by atomic mass is 32.1. The highest BCUT2D eigenvalue weighted by Crippen LogP contribution is 2.42. The van der Waals surface area contributed by atoms with E-state index < -0.39 is 0 Å². The number of hydrogen-bond donors (Lipinski definition) is 2. The Hall–Kier alpha value is -2.61. The fourth-order valence-corrected chi connectivity index (χ4v) is 2.04. The van der Waals surface area contributed by atoms with E-state index in [-0.39, 0.29) is 0 Å². The lowest BCUT2D eigenvalue weighted by atomic mass is 10.3. The molecule has 22 heavy (non-hydrogen) atoms. The number of nitrogens with two attached hydrogens (primary N) is 1. The molecular formula is C14H17N5O2S. The number of thiocarbonyl (C=S) groups is 1. The minimum Gasteiger partial charge on any atom is -0.491 e. The molecule has 0 aliphatic heterocycles. The third kappa shape index (κ3) is 3.34. The first-order chi connectivity index (χ1) is 10.6. The predicted molar refractivity (Wildman–Crippen MR) is 91.1 cm³/mol. The summed E-state index contributed by atoms with van der Waals surface area (Å²) in [6.07, 6.45) is 3.13. The summed E-state index contributed by atoms with van der Waals surface area (Å²) in [7, 11) is 5.32. The molecule has 116 valence electrons. The Morgan fingerprint density at radius 1 is 1.36 bits per heavy atom. The fraction of sp³-hybridized carbons (Fsp3) is 0.214. The molecule has 2 rings (SSSR count). The topological polar surface area (TPSA) is 85.5 Å². The molecule has 0 unspecified atom stereocenters. The quantitative estimate of drug-likeness (QED) is 0.785. The Kier molecular flexibility index (Phi) is 4.95. The Morgan fingerprint density at radius 3 is 2.73 bits per heavy atom. The molecule has 2 aromatic rings. The number of nitrogen functional groups attached to an aromatic ring is 1. The molecular weight excluding hydrogens is 302 g/mol. The number of pyridine rings is 2. The Bertz CT molecular complexity index is 678. The van der Waals surface area contributed by atoms with Crippen LogP contribution in [0, 0.1) is 0 Å². The van der Waals surface area contributed by atoms with E-state index in [1.54, 1.807) is 31.6 Å². The summed E-state index contributed by atoms with van der Waals surface area (Å²) >= 11 is 4.82. The van der Waals surface area contributed by atoms with Crippen LogP contribution in [0.25, 0.3) is 0 Å². The number of anilines is 3. The standard InChI is InChI=1S/C14H17N5O2S/c1-19(2)12-13(20-3)10(7-17-14(12)18-8-22)21-9-4-5-16-11(15)6-9/h4-8H,1-3H3,(H2,15,16)(H,17,18,22). The van der Waals surface area contributed by atoms with Gasteiger partial charge >= 0.3 is 0 Å². The SMILES string of the molecule is COc1c(Oc2ccnc(N)c2)cnc(NC=S)c1N(C)C. The first-order valence-electron chi connectivity index (χ1n) is 6.40. The summed E-state index contributed by atoms with van der Waals surface area (Å²) < 4.78 is 11.3. The third-order valence-corrected chi connectivity index (χ3v) is 2.92. The van der Waals surface area contributed by atoms with Gasteiger partial charge in [0.1, 0.15) is 17.3 Å². The average Bonchev–Trinajstić information content (AvgIpc) is 2.48. The van der Waals surface area contributed by atoms with Crippen LogP contribution in [0.3, 0.4) is 0 Å². The summed E-state index contributed by atoms with van der Waals surface area (Å²) in [6, 6.07) is 3.33. The number of nitrogens with zero attached hydrogens (tertiary/aromatic N) is 3. The average molecular weight is 319 g/mol. The van der Waals surface area contributed by atoms with Crippen LogP contribution < -0.4 is 25.4 Å². The normalized spacial score (nSPS) is 9.95. The van der Waals surface area contributed by atoms with Gasteiger partial charge in [-0.25, -0.2) is 9.97 Å². The van der Waals surface area contributed by atoms with Gasteiger partial charge in [-0.3, -0.25) is 0 Å². The largest absolute Gasteiger partial charge is 0.491 e. The number of aromatic nitrogens is 2. The van der Waals surface area contributed by atoms with Crippen LogP contribution in [-0.4, -0.2) is 36.7 Å². The van der Waals surface area contributed by atoms with Crippen molar-refractivity contribution in [1.29, 1.82) is 0 Å². The smallest absolute Gasteiger partial charge is 0.190 e. The molecule has 0 radical (unpaired) electrons. The molecule has 2 aromatic heterocycles. The van der Waals surface area contributed by atoms with Crippen LogP contribution in [0.15, 0.2) is 24.5 Å². The second-order valence-corrected chi connectivity index (χ2v) is 4.76. The predicted octanol–water partition coefficient (Wildman–Crippen LogP) is 2.29. The van der Waals surface area contributed by atoms with Crippen molar-refractivity contribution < 1.29 is 9.47 Å². The second-order valence-electron chi connectivity index (χ2n) is 4.53. The molecule has 0 saturated carbocycles. The molecule has 0 aliphatic carbocycles. The number of ether oxygens (including phenoxy) is 2. The molecule has 0 spiro atoms. The molecule has 8 heteroatoms. The summed E-state index contributed by atoms with van der Waals surface area (Å²) in [5.74, 6) is 2.50. The van der Waals surface area contributed by atoms with E-state index in [0.29, 0.717) is 28.9 Å². The first-order valence-corrected chi connectivity index (χ1v) is 6.87. The van der Waals surface area contributed by atoms with Crippen LogP contribution in [-0.2, 0) is 0 Å². The van der Waals surface area contributed by atoms with Crippen LogP contribution in [0.5, 0.6) is 17.2 Å². The third-order valence-electron chi connectivity index (χ3n) is 2.80. The van der Waals surface area contributed by atoms with Crippen LogP contribution in [0.1, 0.15) is 0 Å². The van der Waals surface area contributed by atoms with Gasteiger partial charge in [0.25, 0.3) is 0 Å². The van der Waals surface area contributed by atoms with E-state index in [1.807, 2.05) is 19.0 Å². The molecule has 3 N–H and O–H groups in total. The maximum Gasteiger partial charge on any atom is 0.190 e. The summed E-state index contributed by atoms with van der Waals surface area (Å²) in [6.45, 7) is 0. The van der Waals surface area contributed by atoms with Crippen molar-refractivity contribution in [3.63, 3.8) is 0 Å². The van der Waals surface area contributed by atoms with Gasteiger partial charge in [-0.1, -0.05) is 12.2 Å². The molecule has 0 aromatic carbocycles. The van der Waals surface area contributed by atoms with Gasteiger partial charge < -0.3 is 25.4 Å². The molecule has 0 amide bonds. The van der Waals surface area contributed by atoms with Gasteiger partial charge in [0, 0.05) is 26.4 Å². The minimum absolute atomic E-state index is 0.372. The number of hydrogen-bond acceptors (Lipinski definition) is 7. The summed E-state index contributed by atoms with van der Waals surface area (Å²) in [5.41, 5.74) is 7.77. The summed E-state index contributed by atoms with van der Waals surface area (Å²) in [4.78, 5) is 10.1. The lowest BCUT2D eigenvalue weighted by molar-refractivity contribution is 0.378. The maximum atomic E-state index is 5.81. The molecule has 0 atom stereocenters. The van der Waals surface area contributed by atoms with E-state index >= 15 is 0 Å². The molecule has 0 bridgehead atoms. The van der Waals surface area contributed by atoms with Crippen LogP contribution in [0.2, 0.25) is 0 Å². The summed E-state index contributed by atoms with van der Waals surface area (Å²) in [5, 5.41) is 2.90. The minimum atomic E-state index is 0.372. The molecule has 7 nitrogen and oxygen atoms in total. The molecule has 0 saturated heterocycles. The molecule has 2 heterocycles. The van der Waals surface area contributed by atoms with Crippen LogP contribution in [0.4, 0.5) is 17.3 Å². The van der Waals surface area contributed by atoms with Gasteiger partial charge in [0.15, 0.2) is 17.3 Å². The van der Waals surface area contributed by atoms with Crippen LogP contribution >= 0.6 is 12.2 Å². The highest BCUT2D eigenvalue weighted by molar-refractivity contribution is 7.79. The van der Waals surface area contributed by atoms with E-state index in [2.05, 4.69) is 15.3 Å². The number of methoxy groups -OCH3 is 1. The lowest BCUT2D eigenvalue weighted by Gasteiger charge is -2.21. The lowest BCUT2D eigenvalue weighted by Crippen LogP contribution is -2.14. The fourth-order valence-electron chi connectivity index (χ4n) is 1.93. The first kappa shape index (κ1) is 15.8. The van der Waals surface area contributed by atoms with Gasteiger partial charge in [-0.05, 0) is 6.07 Å². The van der Waals surface area contributed by atoms with Crippen molar-refractivity contribution >= 4 is 35.0 Å². The maximum absolute atomic E-state index is 5.81. The Morgan fingerprint density at radius 2 is 2.14 bits per heavy atom. The van der Waals surface area contributed by atoms with Gasteiger partial charge in [0.2, 0.25) is 0 Å². The van der Waals surface area contributed by atoms with Crippen molar-refractivity contribution in [2.45, 2.75) is 0 Å². The zero-order valence-electron chi connectivity index (χ0n) is 12.5. The number of rotatable bonds is 6.